The van der Waals surface area contributed by atoms with E-state index in [9.17, 15) is 13.6 Å². The van der Waals surface area contributed by atoms with Crippen molar-refractivity contribution in [2.24, 2.45) is 0 Å². The number of fused-ring (bicyclic) bond motifs is 1. The number of aromatic nitrogens is 2. The number of aromatic amines is 1. The van der Waals surface area contributed by atoms with E-state index in [1.807, 2.05) is 6.92 Å². The molecule has 1 aromatic heterocycles. The highest BCUT2D eigenvalue weighted by Crippen LogP contribution is 2.39. The second-order valence-corrected chi connectivity index (χ2v) is 8.69. The molecule has 1 unspecified atom stereocenters. The molecular weight excluding hydrogens is 428 g/mol. The van der Waals surface area contributed by atoms with Gasteiger partial charge in [0.15, 0.2) is 5.82 Å². The van der Waals surface area contributed by atoms with E-state index >= 15 is 0 Å². The van der Waals surface area contributed by atoms with E-state index in [0.717, 1.165) is 57.7 Å². The van der Waals surface area contributed by atoms with E-state index in [-0.39, 0.29) is 41.5 Å². The first-order chi connectivity index (χ1) is 14.4. The van der Waals surface area contributed by atoms with E-state index < -0.39 is 11.6 Å². The Morgan fingerprint density at radius 1 is 1.19 bits per heavy atom. The minimum Gasteiger partial charge on any atom is -0.382 e. The van der Waals surface area contributed by atoms with Crippen LogP contribution in [-0.2, 0) is 9.47 Å². The van der Waals surface area contributed by atoms with Gasteiger partial charge in [0.2, 0.25) is 0 Å². The van der Waals surface area contributed by atoms with Gasteiger partial charge in [0.05, 0.1) is 18.2 Å². The van der Waals surface area contributed by atoms with Crippen LogP contribution in [-0.4, -0.2) is 53.1 Å². The Kier molecular flexibility index (Phi) is 7.78. The first kappa shape index (κ1) is 24.2. The summed E-state index contributed by atoms with van der Waals surface area (Å²) in [7, 11) is 1.68. The van der Waals surface area contributed by atoms with Gasteiger partial charge >= 0.3 is 5.69 Å². The van der Waals surface area contributed by atoms with E-state index in [2.05, 4.69) is 9.88 Å². The highest BCUT2D eigenvalue weighted by Gasteiger charge is 2.42. The van der Waals surface area contributed by atoms with Crippen molar-refractivity contribution in [2.45, 2.75) is 69.7 Å². The maximum Gasteiger partial charge on any atom is 0.326 e. The lowest BCUT2D eigenvalue weighted by Crippen LogP contribution is -2.56. The smallest absolute Gasteiger partial charge is 0.326 e. The molecule has 1 saturated carbocycles. The van der Waals surface area contributed by atoms with Crippen molar-refractivity contribution in [3.63, 3.8) is 0 Å². The van der Waals surface area contributed by atoms with Gasteiger partial charge in [-0.05, 0) is 45.4 Å². The van der Waals surface area contributed by atoms with Gasteiger partial charge in [0, 0.05) is 38.4 Å². The molecular formula is C22H32ClF2N3O3. The number of benzene rings is 1. The van der Waals surface area contributed by atoms with Gasteiger partial charge in [0.1, 0.15) is 17.1 Å². The van der Waals surface area contributed by atoms with Crippen molar-refractivity contribution in [1.29, 1.82) is 0 Å². The van der Waals surface area contributed by atoms with Crippen LogP contribution in [0, 0.1) is 11.6 Å². The van der Waals surface area contributed by atoms with Gasteiger partial charge in [-0.2, -0.15) is 0 Å². The van der Waals surface area contributed by atoms with Gasteiger partial charge in [0.25, 0.3) is 0 Å². The van der Waals surface area contributed by atoms with Crippen LogP contribution in [0.3, 0.4) is 0 Å². The van der Waals surface area contributed by atoms with Crippen LogP contribution in [0.4, 0.5) is 8.78 Å². The van der Waals surface area contributed by atoms with E-state index in [4.69, 9.17) is 9.47 Å². The average molecular weight is 460 g/mol. The average Bonchev–Trinajstić information content (AvgIpc) is 3.05. The molecule has 4 rings (SSSR count). The summed E-state index contributed by atoms with van der Waals surface area (Å²) in [5.74, 6) is -1.41. The Hall–Kier alpha value is -1.48. The molecule has 2 aliphatic rings. The Morgan fingerprint density at radius 2 is 1.87 bits per heavy atom. The SMILES string of the molecule is COCC(C)OC1(N2CCC(n3c(=O)[nH]c4c(F)cc(F)cc43)CC2)CCCCC1.Cl. The monoisotopic (exact) mass is 459 g/mol. The largest absolute Gasteiger partial charge is 0.382 e. The predicted octanol–water partition coefficient (Wildman–Crippen LogP) is 4.38. The van der Waals surface area contributed by atoms with Crippen LogP contribution >= 0.6 is 12.4 Å². The van der Waals surface area contributed by atoms with Crippen LogP contribution in [0.15, 0.2) is 16.9 Å². The number of piperidine rings is 1. The number of likely N-dealkylation sites (tertiary alicyclic amines) is 1. The number of hydrogen-bond acceptors (Lipinski definition) is 4. The van der Waals surface area contributed by atoms with Crippen molar-refractivity contribution in [2.75, 3.05) is 26.8 Å². The number of imidazole rings is 1. The maximum absolute atomic E-state index is 14.1. The Balaban J connectivity index is 0.00000272. The molecule has 1 N–H and O–H groups in total. The third kappa shape index (κ3) is 4.82. The summed E-state index contributed by atoms with van der Waals surface area (Å²) in [5, 5.41) is 0. The highest BCUT2D eigenvalue weighted by atomic mass is 35.5. The topological polar surface area (TPSA) is 59.5 Å². The minimum atomic E-state index is -0.736. The zero-order valence-corrected chi connectivity index (χ0v) is 19.0. The third-order valence-electron chi connectivity index (χ3n) is 6.61. The van der Waals surface area contributed by atoms with Gasteiger partial charge in [-0.3, -0.25) is 9.47 Å². The molecule has 2 aromatic rings. The number of halogens is 3. The lowest BCUT2D eigenvalue weighted by Gasteiger charge is -2.49. The Bertz CT molecular complexity index is 934. The Morgan fingerprint density at radius 3 is 2.52 bits per heavy atom. The van der Waals surface area contributed by atoms with Gasteiger partial charge < -0.3 is 14.5 Å². The fraction of sp³-hybridized carbons (Fsp3) is 0.682. The lowest BCUT2D eigenvalue weighted by atomic mass is 9.88. The van der Waals surface area contributed by atoms with Crippen LogP contribution in [0.5, 0.6) is 0 Å². The summed E-state index contributed by atoms with van der Waals surface area (Å²) in [5.41, 5.74) is -0.298. The first-order valence-corrected chi connectivity index (χ1v) is 10.9. The molecule has 1 atom stereocenters. The summed E-state index contributed by atoms with van der Waals surface area (Å²) in [6.45, 7) is 4.16. The molecule has 6 nitrogen and oxygen atoms in total. The molecule has 1 aromatic carbocycles. The number of rotatable bonds is 6. The number of H-pyrrole nitrogens is 1. The summed E-state index contributed by atoms with van der Waals surface area (Å²) in [4.78, 5) is 17.5. The standard InChI is InChI=1S/C22H31F2N3O3.ClH/c1-15(14-29-2)30-22(8-4-3-5-9-22)26-10-6-17(7-11-26)27-19-13-16(23)12-18(24)20(19)25-21(27)28;/h12-13,15,17H,3-11,14H2,1-2H3,(H,25,28);1H. The fourth-order valence-electron chi connectivity index (χ4n) is 5.30. The number of hydrogen-bond donors (Lipinski definition) is 1. The Labute approximate surface area is 187 Å². The lowest BCUT2D eigenvalue weighted by molar-refractivity contribution is -0.213. The normalized spacial score (nSPS) is 21.2. The van der Waals surface area contributed by atoms with E-state index in [0.29, 0.717) is 12.1 Å². The molecule has 0 amide bonds. The maximum atomic E-state index is 14.1. The molecule has 31 heavy (non-hydrogen) atoms. The highest BCUT2D eigenvalue weighted by molar-refractivity contribution is 5.85. The van der Waals surface area contributed by atoms with Crippen LogP contribution in [0.25, 0.3) is 11.0 Å². The van der Waals surface area contributed by atoms with Gasteiger partial charge in [-0.1, -0.05) is 6.42 Å². The molecule has 1 saturated heterocycles. The quantitative estimate of drug-likeness (QED) is 0.696. The number of nitrogens with zero attached hydrogens (tertiary/aromatic N) is 2. The van der Waals surface area contributed by atoms with Crippen LogP contribution in [0.1, 0.15) is 57.9 Å². The second kappa shape index (κ2) is 9.98. The molecule has 0 radical (unpaired) electrons. The summed E-state index contributed by atoms with van der Waals surface area (Å²) < 4.78 is 41.2. The zero-order chi connectivity index (χ0) is 21.3. The fourth-order valence-corrected chi connectivity index (χ4v) is 5.30. The molecule has 1 aliphatic carbocycles. The molecule has 2 fully saturated rings. The minimum absolute atomic E-state index is 0. The third-order valence-corrected chi connectivity index (χ3v) is 6.61. The van der Waals surface area contributed by atoms with Gasteiger partial charge in [-0.15, -0.1) is 12.4 Å². The van der Waals surface area contributed by atoms with Gasteiger partial charge in [-0.25, -0.2) is 13.6 Å². The van der Waals surface area contributed by atoms with Crippen LogP contribution in [0.2, 0.25) is 0 Å². The molecule has 174 valence electrons. The van der Waals surface area contributed by atoms with Crippen LogP contribution < -0.4 is 5.69 Å². The number of ether oxygens (including phenoxy) is 2. The van der Waals surface area contributed by atoms with Crippen molar-refractivity contribution in [3.8, 4) is 0 Å². The second-order valence-electron chi connectivity index (χ2n) is 8.69. The van der Waals surface area contributed by atoms with E-state index in [1.54, 1.807) is 7.11 Å². The zero-order valence-electron chi connectivity index (χ0n) is 18.2. The number of methoxy groups -OCH3 is 1. The summed E-state index contributed by atoms with van der Waals surface area (Å²) >= 11 is 0. The number of nitrogens with one attached hydrogen (secondary N) is 1. The van der Waals surface area contributed by atoms with Crippen molar-refractivity contribution in [3.05, 3.63) is 34.3 Å². The summed E-state index contributed by atoms with van der Waals surface area (Å²) in [6, 6.07) is 1.94. The summed E-state index contributed by atoms with van der Waals surface area (Å²) in [6.07, 6.45) is 6.96. The van der Waals surface area contributed by atoms with Crippen molar-refractivity contribution < 1.29 is 18.3 Å². The molecule has 0 bridgehead atoms. The molecule has 0 spiro atoms. The first-order valence-electron chi connectivity index (χ1n) is 10.9. The molecule has 2 heterocycles. The predicted molar refractivity (Wildman–Crippen MR) is 118 cm³/mol. The molecule has 1 aliphatic heterocycles. The van der Waals surface area contributed by atoms with Crippen molar-refractivity contribution >= 4 is 23.4 Å². The molecule has 9 heteroatoms. The van der Waals surface area contributed by atoms with E-state index in [1.165, 1.54) is 17.1 Å². The van der Waals surface area contributed by atoms with Crippen molar-refractivity contribution in [1.82, 2.24) is 14.5 Å².